The highest BCUT2D eigenvalue weighted by molar-refractivity contribution is 7.18. The van der Waals surface area contributed by atoms with Gasteiger partial charge in [-0.05, 0) is 39.0 Å². The summed E-state index contributed by atoms with van der Waals surface area (Å²) in [7, 11) is 0. The first-order valence-electron chi connectivity index (χ1n) is 8.09. The topological polar surface area (TPSA) is 62.7 Å². The fraction of sp³-hybridized carbons (Fsp3) is 0.529. The second kappa shape index (κ2) is 6.38. The minimum absolute atomic E-state index is 0.101. The summed E-state index contributed by atoms with van der Waals surface area (Å²) in [5.74, 6) is 0. The van der Waals surface area contributed by atoms with Gasteiger partial charge in [0.1, 0.15) is 10.6 Å². The standard InChI is InChI=1S/C17H19F3N2O3S/c1-16(2,3)25-15(24)22-8-10(23)7-12(22)14-21-11-6-9(17(18,19)20)4-5-13(11)26-14/h4-6,10,12,23H,7-8H2,1-3H3/t10-,12+/m1/s1. The zero-order valence-electron chi connectivity index (χ0n) is 14.5. The molecular weight excluding hydrogens is 369 g/mol. The lowest BCUT2D eigenvalue weighted by atomic mass is 10.2. The SMILES string of the molecule is CC(C)(C)OC(=O)N1C[C@H](O)C[C@H]1c1nc2cc(C(F)(F)F)ccc2s1. The van der Waals surface area contributed by atoms with Crippen molar-refractivity contribution in [3.63, 3.8) is 0 Å². The molecule has 2 aromatic rings. The molecule has 1 amide bonds. The Kier molecular flexibility index (Phi) is 4.64. The van der Waals surface area contributed by atoms with Crippen molar-refractivity contribution in [2.75, 3.05) is 6.54 Å². The molecule has 0 radical (unpaired) electrons. The summed E-state index contributed by atoms with van der Waals surface area (Å²) in [6.07, 6.45) is -5.48. The van der Waals surface area contributed by atoms with Gasteiger partial charge in [-0.1, -0.05) is 0 Å². The number of nitrogens with zero attached hydrogens (tertiary/aromatic N) is 2. The van der Waals surface area contributed by atoms with Crippen LogP contribution in [0.4, 0.5) is 18.0 Å². The van der Waals surface area contributed by atoms with E-state index < -0.39 is 35.6 Å². The molecule has 2 atom stereocenters. The van der Waals surface area contributed by atoms with Crippen LogP contribution in [0.2, 0.25) is 0 Å². The number of aromatic nitrogens is 1. The molecule has 1 fully saturated rings. The van der Waals surface area contributed by atoms with E-state index in [0.717, 1.165) is 12.1 Å². The molecule has 0 saturated carbocycles. The van der Waals surface area contributed by atoms with Crippen LogP contribution in [0.25, 0.3) is 10.2 Å². The number of β-amino-alcohol motifs (C(OH)–C–C–N with tert-alkyl or cyclic N) is 1. The summed E-state index contributed by atoms with van der Waals surface area (Å²) < 4.78 is 44.6. The van der Waals surface area contributed by atoms with Gasteiger partial charge in [-0.25, -0.2) is 9.78 Å². The average Bonchev–Trinajstić information content (AvgIpc) is 3.06. The minimum atomic E-state index is -4.44. The van der Waals surface area contributed by atoms with Crippen LogP contribution in [-0.2, 0) is 10.9 Å². The quantitative estimate of drug-likeness (QED) is 0.789. The predicted octanol–water partition coefficient (Wildman–Crippen LogP) is 4.36. The van der Waals surface area contributed by atoms with E-state index in [4.69, 9.17) is 4.74 Å². The number of aliphatic hydroxyl groups is 1. The number of rotatable bonds is 1. The van der Waals surface area contributed by atoms with Crippen LogP contribution in [0.1, 0.15) is 43.8 Å². The molecule has 0 bridgehead atoms. The Hall–Kier alpha value is -1.87. The second-order valence-electron chi connectivity index (χ2n) is 7.27. The first-order valence-corrected chi connectivity index (χ1v) is 8.91. The minimum Gasteiger partial charge on any atom is -0.444 e. The zero-order valence-corrected chi connectivity index (χ0v) is 15.3. The molecule has 1 aromatic heterocycles. The monoisotopic (exact) mass is 388 g/mol. The average molecular weight is 388 g/mol. The molecule has 0 unspecified atom stereocenters. The van der Waals surface area contributed by atoms with Crippen LogP contribution >= 0.6 is 11.3 Å². The highest BCUT2D eigenvalue weighted by atomic mass is 32.1. The molecule has 1 aliphatic rings. The van der Waals surface area contributed by atoms with Gasteiger partial charge in [-0.3, -0.25) is 4.90 Å². The van der Waals surface area contributed by atoms with Gasteiger partial charge >= 0.3 is 12.3 Å². The van der Waals surface area contributed by atoms with Crippen LogP contribution < -0.4 is 0 Å². The number of halogens is 3. The lowest BCUT2D eigenvalue weighted by Gasteiger charge is -2.27. The Labute approximate surface area is 152 Å². The Morgan fingerprint density at radius 1 is 1.35 bits per heavy atom. The molecule has 5 nitrogen and oxygen atoms in total. The highest BCUT2D eigenvalue weighted by Crippen LogP contribution is 2.39. The molecule has 142 valence electrons. The maximum absolute atomic E-state index is 12.9. The van der Waals surface area contributed by atoms with Crippen molar-refractivity contribution in [2.24, 2.45) is 0 Å². The van der Waals surface area contributed by atoms with E-state index in [0.29, 0.717) is 9.71 Å². The molecule has 1 N–H and O–H groups in total. The number of aliphatic hydroxyl groups excluding tert-OH is 1. The van der Waals surface area contributed by atoms with Crippen LogP contribution in [0, 0.1) is 0 Å². The van der Waals surface area contributed by atoms with Gasteiger partial charge < -0.3 is 9.84 Å². The van der Waals surface area contributed by atoms with Crippen molar-refractivity contribution in [3.8, 4) is 0 Å². The van der Waals surface area contributed by atoms with Gasteiger partial charge in [0.25, 0.3) is 0 Å². The van der Waals surface area contributed by atoms with Crippen molar-refractivity contribution < 1.29 is 27.8 Å². The van der Waals surface area contributed by atoms with Crippen molar-refractivity contribution in [2.45, 2.75) is 51.1 Å². The Morgan fingerprint density at radius 3 is 2.65 bits per heavy atom. The molecule has 9 heteroatoms. The number of thiazole rings is 1. The fourth-order valence-electron chi connectivity index (χ4n) is 2.83. The number of hydrogen-bond acceptors (Lipinski definition) is 5. The zero-order chi connectivity index (χ0) is 19.3. The number of fused-ring (bicyclic) bond motifs is 1. The molecule has 1 aliphatic heterocycles. The number of likely N-dealkylation sites (tertiary alicyclic amines) is 1. The van der Waals surface area contributed by atoms with E-state index in [1.165, 1.54) is 22.3 Å². The van der Waals surface area contributed by atoms with E-state index in [9.17, 15) is 23.1 Å². The normalized spacial score (nSPS) is 21.4. The Morgan fingerprint density at radius 2 is 2.04 bits per heavy atom. The first kappa shape index (κ1) is 18.9. The number of amides is 1. The molecular formula is C17H19F3N2O3S. The summed E-state index contributed by atoms with van der Waals surface area (Å²) >= 11 is 1.22. The maximum atomic E-state index is 12.9. The lowest BCUT2D eigenvalue weighted by molar-refractivity contribution is -0.137. The van der Waals surface area contributed by atoms with E-state index >= 15 is 0 Å². The number of ether oxygens (including phenoxy) is 1. The number of carbonyl (C=O) groups is 1. The van der Waals surface area contributed by atoms with Crippen LogP contribution in [0.15, 0.2) is 18.2 Å². The van der Waals surface area contributed by atoms with Crippen molar-refractivity contribution >= 4 is 27.6 Å². The molecule has 0 aliphatic carbocycles. The van der Waals surface area contributed by atoms with E-state index in [1.54, 1.807) is 20.8 Å². The molecule has 1 aromatic carbocycles. The van der Waals surface area contributed by atoms with Crippen LogP contribution in [0.5, 0.6) is 0 Å². The van der Waals surface area contributed by atoms with Gasteiger partial charge in [-0.2, -0.15) is 13.2 Å². The van der Waals surface area contributed by atoms with Gasteiger partial charge in [0.15, 0.2) is 0 Å². The molecule has 1 saturated heterocycles. The number of alkyl halides is 3. The fourth-order valence-corrected chi connectivity index (χ4v) is 3.91. The summed E-state index contributed by atoms with van der Waals surface area (Å²) in [5.41, 5.74) is -1.23. The Bertz CT molecular complexity index is 829. The highest BCUT2D eigenvalue weighted by Gasteiger charge is 2.39. The summed E-state index contributed by atoms with van der Waals surface area (Å²) in [6, 6.07) is 2.87. The van der Waals surface area contributed by atoms with E-state index in [1.807, 2.05) is 0 Å². The Balaban J connectivity index is 1.92. The van der Waals surface area contributed by atoms with Crippen molar-refractivity contribution in [1.29, 1.82) is 0 Å². The largest absolute Gasteiger partial charge is 0.444 e. The third-order valence-electron chi connectivity index (χ3n) is 3.92. The van der Waals surface area contributed by atoms with Gasteiger partial charge in [0.05, 0.1) is 34.5 Å². The third-order valence-corrected chi connectivity index (χ3v) is 5.06. The first-order chi connectivity index (χ1) is 11.9. The number of benzene rings is 1. The summed E-state index contributed by atoms with van der Waals surface area (Å²) in [5, 5.41) is 10.5. The number of carbonyl (C=O) groups excluding carboxylic acids is 1. The third kappa shape index (κ3) is 3.93. The number of hydrogen-bond donors (Lipinski definition) is 1. The van der Waals surface area contributed by atoms with Crippen LogP contribution in [0.3, 0.4) is 0 Å². The van der Waals surface area contributed by atoms with Crippen LogP contribution in [-0.4, -0.2) is 39.3 Å². The maximum Gasteiger partial charge on any atom is 0.416 e. The smallest absolute Gasteiger partial charge is 0.416 e. The predicted molar refractivity (Wildman–Crippen MR) is 90.9 cm³/mol. The van der Waals surface area contributed by atoms with Gasteiger partial charge in [0.2, 0.25) is 0 Å². The van der Waals surface area contributed by atoms with Crippen molar-refractivity contribution in [3.05, 3.63) is 28.8 Å². The van der Waals surface area contributed by atoms with Crippen molar-refractivity contribution in [1.82, 2.24) is 9.88 Å². The molecule has 26 heavy (non-hydrogen) atoms. The summed E-state index contributed by atoms with van der Waals surface area (Å²) in [6.45, 7) is 5.32. The van der Waals surface area contributed by atoms with Gasteiger partial charge in [0, 0.05) is 6.42 Å². The lowest BCUT2D eigenvalue weighted by Crippen LogP contribution is -2.37. The molecule has 0 spiro atoms. The molecule has 2 heterocycles. The second-order valence-corrected chi connectivity index (χ2v) is 8.33. The van der Waals surface area contributed by atoms with E-state index in [-0.39, 0.29) is 18.5 Å². The molecule has 3 rings (SSSR count). The summed E-state index contributed by atoms with van der Waals surface area (Å²) in [4.78, 5) is 18.1. The van der Waals surface area contributed by atoms with E-state index in [2.05, 4.69) is 4.98 Å². The van der Waals surface area contributed by atoms with Gasteiger partial charge in [-0.15, -0.1) is 11.3 Å².